The molecule has 1 unspecified atom stereocenters. The average Bonchev–Trinajstić information content (AvgIpc) is 2.99. The Morgan fingerprint density at radius 2 is 1.94 bits per heavy atom. The summed E-state index contributed by atoms with van der Waals surface area (Å²) in [6.45, 7) is 5.24. The third-order valence-corrected chi connectivity index (χ3v) is 7.27. The van der Waals surface area contributed by atoms with E-state index in [-0.39, 0.29) is 6.42 Å². The number of hydrogen-bond acceptors (Lipinski definition) is 6. The smallest absolute Gasteiger partial charge is 0.372 e. The summed E-state index contributed by atoms with van der Waals surface area (Å²) < 4.78 is 40.0. The third-order valence-electron chi connectivity index (χ3n) is 7.01. The van der Waals surface area contributed by atoms with E-state index >= 15 is 0 Å². The van der Waals surface area contributed by atoms with Crippen LogP contribution in [0.25, 0.3) is 5.57 Å². The Balaban J connectivity index is 1.39. The van der Waals surface area contributed by atoms with Gasteiger partial charge in [-0.1, -0.05) is 30.8 Å². The number of nitrogens with one attached hydrogen (secondary N) is 2. The van der Waals surface area contributed by atoms with Crippen molar-refractivity contribution < 1.29 is 13.2 Å². The van der Waals surface area contributed by atoms with Gasteiger partial charge in [0.1, 0.15) is 0 Å². The number of allylic oxidation sites excluding steroid dienone is 2. The molecule has 2 aromatic rings. The van der Waals surface area contributed by atoms with Crippen molar-refractivity contribution in [3.05, 3.63) is 58.7 Å². The quantitative estimate of drug-likeness (QED) is 0.540. The molecule has 2 aromatic heterocycles. The topological polar surface area (TPSA) is 66.0 Å². The van der Waals surface area contributed by atoms with Crippen LogP contribution in [0.5, 0.6) is 0 Å². The van der Waals surface area contributed by atoms with Crippen LogP contribution in [-0.4, -0.2) is 56.7 Å². The van der Waals surface area contributed by atoms with E-state index in [9.17, 15) is 13.2 Å². The number of alkyl halides is 3. The van der Waals surface area contributed by atoms with Gasteiger partial charge in [0.15, 0.2) is 0 Å². The first kappa shape index (κ1) is 24.8. The lowest BCUT2D eigenvalue weighted by Gasteiger charge is -2.26. The summed E-state index contributed by atoms with van der Waals surface area (Å²) in [5.41, 5.74) is 4.30. The highest BCUT2D eigenvalue weighted by molar-refractivity contribution is 7.80. The molecule has 5 rings (SSSR count). The van der Waals surface area contributed by atoms with Crippen LogP contribution in [0, 0.1) is 6.92 Å². The van der Waals surface area contributed by atoms with Gasteiger partial charge in [0, 0.05) is 48.5 Å². The van der Waals surface area contributed by atoms with E-state index in [0.29, 0.717) is 28.6 Å². The van der Waals surface area contributed by atoms with Gasteiger partial charge in [0.05, 0.1) is 28.1 Å². The molecule has 0 bridgehead atoms. The number of piperidine rings is 1. The molecule has 0 saturated carbocycles. The molecule has 4 heterocycles. The number of pyridine rings is 1. The molecule has 1 saturated heterocycles. The number of rotatable bonds is 5. The molecule has 190 valence electrons. The van der Waals surface area contributed by atoms with Crippen LogP contribution in [0.15, 0.2) is 36.2 Å². The monoisotopic (exact) mass is 514 g/mol. The van der Waals surface area contributed by atoms with Gasteiger partial charge in [0.2, 0.25) is 5.95 Å². The van der Waals surface area contributed by atoms with E-state index in [2.05, 4.69) is 31.6 Å². The largest absolute Gasteiger partial charge is 0.412 e. The van der Waals surface area contributed by atoms with Gasteiger partial charge in [-0.25, -0.2) is 9.97 Å². The molecular weight excluding hydrogens is 485 g/mol. The van der Waals surface area contributed by atoms with Gasteiger partial charge in [-0.2, -0.15) is 13.2 Å². The fraction of sp³-hybridized carbons (Fsp3) is 0.462. The molecule has 0 aromatic carbocycles. The number of fused-ring (bicyclic) bond motifs is 3. The number of halogens is 3. The molecule has 2 N–H and O–H groups in total. The van der Waals surface area contributed by atoms with Gasteiger partial charge < -0.3 is 15.5 Å². The molecule has 0 radical (unpaired) electrons. The fourth-order valence-electron chi connectivity index (χ4n) is 4.98. The zero-order valence-corrected chi connectivity index (χ0v) is 21.0. The Morgan fingerprint density at radius 3 is 2.72 bits per heavy atom. The Kier molecular flexibility index (Phi) is 7.07. The molecule has 10 heteroatoms. The number of aromatic nitrogens is 3. The van der Waals surface area contributed by atoms with Crippen LogP contribution in [0.1, 0.15) is 48.2 Å². The van der Waals surface area contributed by atoms with Gasteiger partial charge in [0.25, 0.3) is 0 Å². The van der Waals surface area contributed by atoms with Crippen molar-refractivity contribution in [3.63, 3.8) is 0 Å². The van der Waals surface area contributed by atoms with E-state index < -0.39 is 17.8 Å². The highest BCUT2D eigenvalue weighted by Crippen LogP contribution is 2.37. The van der Waals surface area contributed by atoms with Crippen molar-refractivity contribution in [2.45, 2.75) is 57.7 Å². The lowest BCUT2D eigenvalue weighted by molar-refractivity contribution is -0.0944. The lowest BCUT2D eigenvalue weighted by Crippen LogP contribution is -2.36. The predicted octanol–water partition coefficient (Wildman–Crippen LogP) is 5.07. The number of nitrogens with zero attached hydrogens (tertiary/aromatic N) is 4. The van der Waals surface area contributed by atoms with E-state index in [1.807, 2.05) is 13.1 Å². The zero-order valence-electron chi connectivity index (χ0n) is 20.2. The second-order valence-electron chi connectivity index (χ2n) is 9.63. The third kappa shape index (κ3) is 5.59. The summed E-state index contributed by atoms with van der Waals surface area (Å²) in [7, 11) is 0. The Bertz CT molecular complexity index is 1220. The van der Waals surface area contributed by atoms with E-state index in [1.165, 1.54) is 25.3 Å². The predicted molar refractivity (Wildman–Crippen MR) is 138 cm³/mol. The summed E-state index contributed by atoms with van der Waals surface area (Å²) in [6, 6.07) is 1.50. The maximum atomic E-state index is 13.3. The van der Waals surface area contributed by atoms with Crippen molar-refractivity contribution in [3.8, 4) is 0 Å². The number of anilines is 2. The first-order valence-electron chi connectivity index (χ1n) is 12.3. The summed E-state index contributed by atoms with van der Waals surface area (Å²) in [5.74, 6) is 0.380. The van der Waals surface area contributed by atoms with Gasteiger partial charge in [-0.15, -0.1) is 0 Å². The minimum Gasteiger partial charge on any atom is -0.372 e. The van der Waals surface area contributed by atoms with Crippen LogP contribution in [0.3, 0.4) is 0 Å². The van der Waals surface area contributed by atoms with E-state index in [4.69, 9.17) is 17.2 Å². The summed E-state index contributed by atoms with van der Waals surface area (Å²) >= 11 is 5.39. The van der Waals surface area contributed by atoms with Gasteiger partial charge in [-0.3, -0.25) is 4.98 Å². The molecular formula is C26H29F3N6S. The first-order chi connectivity index (χ1) is 17.3. The highest BCUT2D eigenvalue weighted by atomic mass is 32.1. The van der Waals surface area contributed by atoms with Crippen molar-refractivity contribution >= 4 is 34.4 Å². The Hall–Kier alpha value is -2.85. The molecule has 36 heavy (non-hydrogen) atoms. The number of hydrogen-bond donors (Lipinski definition) is 2. The molecule has 1 fully saturated rings. The van der Waals surface area contributed by atoms with Crippen molar-refractivity contribution in [2.24, 2.45) is 0 Å². The Morgan fingerprint density at radius 1 is 1.14 bits per heavy atom. The first-order valence-corrected chi connectivity index (χ1v) is 12.8. The second-order valence-corrected chi connectivity index (χ2v) is 10.1. The van der Waals surface area contributed by atoms with Gasteiger partial charge in [-0.05, 0) is 50.9 Å². The van der Waals surface area contributed by atoms with Crippen LogP contribution in [-0.2, 0) is 12.8 Å². The van der Waals surface area contributed by atoms with Crippen LogP contribution >= 0.6 is 12.2 Å². The standard InChI is InChI=1S/C26H29F3N6S/c1-16-21(11-17(14-30-16)7-10-35-8-3-2-4-9-35)33-25-31-15-18-12-23(36)32-22-13-19(26(27,28)29)5-6-20(22)24(18)34-25/h5-6,11,14-15,22H,2-4,7-10,12-13H2,1H3,(H,32,36)(H,31,33,34). The molecule has 0 spiro atoms. The minimum absolute atomic E-state index is 0.191. The summed E-state index contributed by atoms with van der Waals surface area (Å²) in [4.78, 5) is 16.7. The highest BCUT2D eigenvalue weighted by Gasteiger charge is 2.38. The van der Waals surface area contributed by atoms with Crippen molar-refractivity contribution in [1.29, 1.82) is 0 Å². The van der Waals surface area contributed by atoms with E-state index in [0.717, 1.165) is 54.6 Å². The van der Waals surface area contributed by atoms with Gasteiger partial charge >= 0.3 is 6.18 Å². The SMILES string of the molecule is Cc1ncc(CCN2CCCCC2)cc1Nc1ncc2c(n1)C1=CC=C(C(F)(F)F)CC1NC(=S)C2. The van der Waals surface area contributed by atoms with Crippen molar-refractivity contribution in [1.82, 2.24) is 25.2 Å². The second kappa shape index (κ2) is 10.3. The molecule has 3 aliphatic rings. The number of thiocarbonyl (C=S) groups is 1. The minimum atomic E-state index is -4.37. The normalized spacial score (nSPS) is 20.4. The molecule has 1 atom stereocenters. The van der Waals surface area contributed by atoms with Crippen LogP contribution in [0.4, 0.5) is 24.8 Å². The molecule has 0 amide bonds. The molecule has 6 nitrogen and oxygen atoms in total. The summed E-state index contributed by atoms with van der Waals surface area (Å²) in [5, 5.41) is 6.36. The van der Waals surface area contributed by atoms with Crippen LogP contribution in [0.2, 0.25) is 0 Å². The lowest BCUT2D eigenvalue weighted by atomic mass is 9.90. The molecule has 1 aliphatic carbocycles. The summed E-state index contributed by atoms with van der Waals surface area (Å²) in [6.07, 6.45) is 6.83. The number of likely N-dealkylation sites (tertiary alicyclic amines) is 1. The fourth-order valence-corrected chi connectivity index (χ4v) is 5.28. The van der Waals surface area contributed by atoms with Crippen LogP contribution < -0.4 is 10.6 Å². The average molecular weight is 515 g/mol. The Labute approximate surface area is 214 Å². The van der Waals surface area contributed by atoms with E-state index in [1.54, 1.807) is 6.20 Å². The maximum Gasteiger partial charge on any atom is 0.412 e. The zero-order chi connectivity index (χ0) is 25.3. The number of aryl methyl sites for hydroxylation is 1. The molecule has 2 aliphatic heterocycles. The van der Waals surface area contributed by atoms with Crippen molar-refractivity contribution in [2.75, 3.05) is 25.0 Å². The maximum absolute atomic E-state index is 13.3.